The number of sulfonamides is 1. The van der Waals surface area contributed by atoms with Gasteiger partial charge < -0.3 is 10.2 Å². The first-order valence-electron chi connectivity index (χ1n) is 16.3. The van der Waals surface area contributed by atoms with Crippen molar-refractivity contribution in [2.24, 2.45) is 0 Å². The van der Waals surface area contributed by atoms with Gasteiger partial charge in [0.1, 0.15) is 18.4 Å². The van der Waals surface area contributed by atoms with E-state index in [-0.39, 0.29) is 29.8 Å². The number of hydrogen-bond donors (Lipinski definition) is 1. The predicted octanol–water partition coefficient (Wildman–Crippen LogP) is 6.67. The number of para-hydroxylation sites is 1. The molecule has 1 atom stereocenters. The minimum absolute atomic E-state index is 0.00341. The molecule has 0 bridgehead atoms. The average Bonchev–Trinajstić information content (AvgIpc) is 3.10. The molecule has 2 amide bonds. The zero-order valence-corrected chi connectivity index (χ0v) is 27.5. The second-order valence-electron chi connectivity index (χ2n) is 12.0. The van der Waals surface area contributed by atoms with Crippen LogP contribution < -0.4 is 9.62 Å². The Bertz CT molecular complexity index is 1730. The number of nitrogens with zero attached hydrogens (tertiary/aromatic N) is 2. The number of carbonyl (C=O) groups excluding carboxylic acids is 2. The van der Waals surface area contributed by atoms with E-state index in [1.165, 1.54) is 29.2 Å². The third-order valence-electron chi connectivity index (χ3n) is 8.74. The van der Waals surface area contributed by atoms with E-state index in [1.54, 1.807) is 42.5 Å². The minimum atomic E-state index is -4.19. The summed E-state index contributed by atoms with van der Waals surface area (Å²) in [5, 5.41) is 3.20. The van der Waals surface area contributed by atoms with Gasteiger partial charge in [0.25, 0.3) is 10.0 Å². The Balaban J connectivity index is 1.57. The summed E-state index contributed by atoms with van der Waals surface area (Å²) in [6.45, 7) is 1.39. The van der Waals surface area contributed by atoms with E-state index in [9.17, 15) is 22.4 Å². The third-order valence-corrected chi connectivity index (χ3v) is 10.5. The number of carbonyl (C=O) groups is 2. The van der Waals surface area contributed by atoms with Crippen molar-refractivity contribution >= 4 is 27.5 Å². The van der Waals surface area contributed by atoms with Gasteiger partial charge in [-0.3, -0.25) is 13.9 Å². The molecule has 1 N–H and O–H groups in total. The second-order valence-corrected chi connectivity index (χ2v) is 13.9. The first-order chi connectivity index (χ1) is 22.8. The van der Waals surface area contributed by atoms with Gasteiger partial charge in [-0.25, -0.2) is 12.8 Å². The van der Waals surface area contributed by atoms with Crippen LogP contribution in [0.25, 0.3) is 0 Å². The minimum Gasteiger partial charge on any atom is -0.352 e. The summed E-state index contributed by atoms with van der Waals surface area (Å²) in [5.41, 5.74) is 2.65. The fraction of sp³-hybridized carbons (Fsp3) is 0.316. The first kappa shape index (κ1) is 33.9. The molecule has 4 aromatic carbocycles. The zero-order valence-electron chi connectivity index (χ0n) is 26.7. The second kappa shape index (κ2) is 15.9. The van der Waals surface area contributed by atoms with Crippen LogP contribution in [0.4, 0.5) is 10.1 Å². The number of benzene rings is 4. The number of nitrogens with one attached hydrogen (secondary N) is 1. The average molecular weight is 656 g/mol. The lowest BCUT2D eigenvalue weighted by atomic mass is 9.94. The van der Waals surface area contributed by atoms with Crippen LogP contribution in [-0.4, -0.2) is 43.8 Å². The van der Waals surface area contributed by atoms with Crippen molar-refractivity contribution in [3.63, 3.8) is 0 Å². The summed E-state index contributed by atoms with van der Waals surface area (Å²) >= 11 is 0. The van der Waals surface area contributed by atoms with Crippen LogP contribution in [0.1, 0.15) is 55.7 Å². The van der Waals surface area contributed by atoms with Crippen LogP contribution in [0.5, 0.6) is 0 Å². The Hall–Kier alpha value is -4.50. The van der Waals surface area contributed by atoms with E-state index >= 15 is 0 Å². The van der Waals surface area contributed by atoms with Gasteiger partial charge >= 0.3 is 0 Å². The Morgan fingerprint density at radius 2 is 1.43 bits per heavy atom. The molecule has 7 nitrogen and oxygen atoms in total. The highest BCUT2D eigenvalue weighted by Crippen LogP contribution is 2.29. The van der Waals surface area contributed by atoms with E-state index < -0.39 is 34.3 Å². The number of rotatable bonds is 13. The molecule has 0 aromatic heterocycles. The van der Waals surface area contributed by atoms with E-state index in [2.05, 4.69) is 5.32 Å². The largest absolute Gasteiger partial charge is 0.352 e. The Labute approximate surface area is 277 Å². The molecule has 4 aromatic rings. The summed E-state index contributed by atoms with van der Waals surface area (Å²) in [4.78, 5) is 30.4. The first-order valence-corrected chi connectivity index (χ1v) is 17.7. The molecule has 1 aliphatic carbocycles. The van der Waals surface area contributed by atoms with Crippen LogP contribution in [0.3, 0.4) is 0 Å². The lowest BCUT2D eigenvalue weighted by molar-refractivity contribution is -0.140. The normalized spacial score (nSPS) is 14.3. The SMILES string of the molecule is CCc1ccccc1N(CC(=O)N(Cc1ccc(F)cc1)[C@@H](Cc1ccccc1)C(=O)NC1CCCCC1)S(=O)(=O)c1ccccc1. The van der Waals surface area contributed by atoms with Gasteiger partial charge in [0.05, 0.1) is 10.6 Å². The van der Waals surface area contributed by atoms with Crippen molar-refractivity contribution in [3.8, 4) is 0 Å². The molecule has 0 spiro atoms. The standard InChI is InChI=1S/C38H42FN3O4S/c1-2-31-16-12-13-21-35(31)42(47(45,46)34-19-10-5-11-20-34)28-37(43)41(27-30-22-24-32(39)25-23-30)36(26-29-14-6-3-7-15-29)38(44)40-33-17-8-4-9-18-33/h3,5-7,10-16,19-25,33,36H,2,4,8-9,17-18,26-28H2,1H3,(H,40,44)/t36-/m0/s1. The van der Waals surface area contributed by atoms with E-state index in [0.717, 1.165) is 47.5 Å². The molecule has 246 valence electrons. The van der Waals surface area contributed by atoms with Crippen molar-refractivity contribution in [2.45, 2.75) is 75.4 Å². The lowest BCUT2D eigenvalue weighted by Gasteiger charge is -2.35. The highest BCUT2D eigenvalue weighted by Gasteiger charge is 2.36. The van der Waals surface area contributed by atoms with Crippen molar-refractivity contribution in [3.05, 3.63) is 132 Å². The van der Waals surface area contributed by atoms with Crippen molar-refractivity contribution in [1.82, 2.24) is 10.2 Å². The van der Waals surface area contributed by atoms with Crippen LogP contribution in [0.15, 0.2) is 114 Å². The number of hydrogen-bond acceptors (Lipinski definition) is 4. The Morgan fingerprint density at radius 3 is 2.09 bits per heavy atom. The van der Waals surface area contributed by atoms with Gasteiger partial charge in [0.15, 0.2) is 0 Å². The molecular weight excluding hydrogens is 614 g/mol. The van der Waals surface area contributed by atoms with Gasteiger partial charge in [0, 0.05) is 19.0 Å². The smallest absolute Gasteiger partial charge is 0.264 e. The molecule has 47 heavy (non-hydrogen) atoms. The van der Waals surface area contributed by atoms with Gasteiger partial charge in [-0.2, -0.15) is 0 Å². The molecule has 0 heterocycles. The molecule has 9 heteroatoms. The van der Waals surface area contributed by atoms with Crippen LogP contribution in [0, 0.1) is 5.82 Å². The molecular formula is C38H42FN3O4S. The van der Waals surface area contributed by atoms with Gasteiger partial charge in [0.2, 0.25) is 11.8 Å². The molecule has 0 saturated heterocycles. The monoisotopic (exact) mass is 655 g/mol. The quantitative estimate of drug-likeness (QED) is 0.174. The Morgan fingerprint density at radius 1 is 0.809 bits per heavy atom. The fourth-order valence-corrected chi connectivity index (χ4v) is 7.64. The molecule has 1 aliphatic rings. The van der Waals surface area contributed by atoms with Crippen molar-refractivity contribution in [1.29, 1.82) is 0 Å². The number of anilines is 1. The lowest BCUT2D eigenvalue weighted by Crippen LogP contribution is -2.55. The van der Waals surface area contributed by atoms with Crippen LogP contribution in [0.2, 0.25) is 0 Å². The number of aryl methyl sites for hydroxylation is 1. The highest BCUT2D eigenvalue weighted by atomic mass is 32.2. The summed E-state index contributed by atoms with van der Waals surface area (Å²) in [6.07, 6.45) is 5.68. The molecule has 5 rings (SSSR count). The topological polar surface area (TPSA) is 86.8 Å². The molecule has 0 unspecified atom stereocenters. The van der Waals surface area contributed by atoms with E-state index in [1.807, 2.05) is 49.4 Å². The van der Waals surface area contributed by atoms with E-state index in [4.69, 9.17) is 0 Å². The molecule has 0 radical (unpaired) electrons. The maximum atomic E-state index is 14.7. The van der Waals surface area contributed by atoms with Crippen molar-refractivity contribution in [2.75, 3.05) is 10.8 Å². The van der Waals surface area contributed by atoms with E-state index in [0.29, 0.717) is 17.7 Å². The van der Waals surface area contributed by atoms with Crippen LogP contribution in [-0.2, 0) is 39.0 Å². The van der Waals surface area contributed by atoms with Crippen molar-refractivity contribution < 1.29 is 22.4 Å². The van der Waals surface area contributed by atoms with Gasteiger partial charge in [-0.1, -0.05) is 105 Å². The molecule has 0 aliphatic heterocycles. The Kier molecular flexibility index (Phi) is 11.4. The summed E-state index contributed by atoms with van der Waals surface area (Å²) in [7, 11) is -4.19. The summed E-state index contributed by atoms with van der Waals surface area (Å²) < 4.78 is 43.6. The third kappa shape index (κ3) is 8.65. The molecule has 1 saturated carbocycles. The fourth-order valence-electron chi connectivity index (χ4n) is 6.17. The van der Waals surface area contributed by atoms with Gasteiger partial charge in [-0.05, 0) is 66.3 Å². The summed E-state index contributed by atoms with van der Waals surface area (Å²) in [5.74, 6) is -1.25. The molecule has 1 fully saturated rings. The van der Waals surface area contributed by atoms with Gasteiger partial charge in [-0.15, -0.1) is 0 Å². The number of amides is 2. The predicted molar refractivity (Wildman–Crippen MR) is 183 cm³/mol. The maximum absolute atomic E-state index is 14.7. The maximum Gasteiger partial charge on any atom is 0.264 e. The highest BCUT2D eigenvalue weighted by molar-refractivity contribution is 7.92. The number of halogens is 1. The van der Waals surface area contributed by atoms with Crippen LogP contribution >= 0.6 is 0 Å². The summed E-state index contributed by atoms with van der Waals surface area (Å²) in [6, 6.07) is 29.5. The zero-order chi connectivity index (χ0) is 33.2.